The lowest BCUT2D eigenvalue weighted by atomic mass is 9.98. The van der Waals surface area contributed by atoms with E-state index in [0.29, 0.717) is 10.9 Å². The van der Waals surface area contributed by atoms with Gasteiger partial charge in [-0.3, -0.25) is 4.79 Å². The van der Waals surface area contributed by atoms with Gasteiger partial charge < -0.3 is 4.57 Å². The predicted molar refractivity (Wildman–Crippen MR) is 116 cm³/mol. The highest BCUT2D eigenvalue weighted by molar-refractivity contribution is 7.89. The van der Waals surface area contributed by atoms with Crippen molar-refractivity contribution in [2.45, 2.75) is 5.75 Å². The number of pyridine rings is 1. The fraction of sp³-hybridized carbons (Fsp3) is 0.0870. The van der Waals surface area contributed by atoms with Crippen molar-refractivity contribution in [2.24, 2.45) is 7.05 Å². The zero-order valence-electron chi connectivity index (χ0n) is 15.9. The number of nitrogens with zero attached hydrogens (tertiary/aromatic N) is 2. The van der Waals surface area contributed by atoms with Gasteiger partial charge in [-0.05, 0) is 22.8 Å². The molecule has 2 heterocycles. The Morgan fingerprint density at radius 1 is 0.966 bits per heavy atom. The molecule has 0 amide bonds. The lowest BCUT2D eigenvalue weighted by Crippen LogP contribution is -2.23. The third-order valence-corrected chi connectivity index (χ3v) is 6.53. The summed E-state index contributed by atoms with van der Waals surface area (Å²) in [5.41, 5.74) is 2.79. The molecule has 0 bridgehead atoms. The molecule has 2 aromatic heterocycles. The molecule has 0 N–H and O–H groups in total. The van der Waals surface area contributed by atoms with Crippen LogP contribution in [0.1, 0.15) is 16.7 Å². The van der Waals surface area contributed by atoms with Gasteiger partial charge in [-0.25, -0.2) is 12.4 Å². The van der Waals surface area contributed by atoms with Crippen molar-refractivity contribution in [1.29, 1.82) is 0 Å². The zero-order valence-corrected chi connectivity index (χ0v) is 16.8. The second-order valence-corrected chi connectivity index (χ2v) is 8.76. The van der Waals surface area contributed by atoms with E-state index in [9.17, 15) is 13.2 Å². The van der Waals surface area contributed by atoms with E-state index >= 15 is 0 Å². The average Bonchev–Trinajstić information content (AvgIpc) is 3.18. The Morgan fingerprint density at radius 2 is 1.59 bits per heavy atom. The van der Waals surface area contributed by atoms with Crippen molar-refractivity contribution in [3.63, 3.8) is 0 Å². The molecule has 29 heavy (non-hydrogen) atoms. The Balaban J connectivity index is 1.90. The van der Waals surface area contributed by atoms with Crippen molar-refractivity contribution in [3.05, 3.63) is 113 Å². The monoisotopic (exact) mass is 404 g/mol. The van der Waals surface area contributed by atoms with Crippen molar-refractivity contribution in [1.82, 2.24) is 8.54 Å². The van der Waals surface area contributed by atoms with Crippen LogP contribution in [0.2, 0.25) is 0 Å². The highest BCUT2D eigenvalue weighted by Gasteiger charge is 2.22. The molecule has 0 fully saturated rings. The summed E-state index contributed by atoms with van der Waals surface area (Å²) in [6.07, 6.45) is 3.15. The van der Waals surface area contributed by atoms with Crippen molar-refractivity contribution >= 4 is 26.5 Å². The Morgan fingerprint density at radius 3 is 2.24 bits per heavy atom. The molecular weight excluding hydrogens is 384 g/mol. The minimum absolute atomic E-state index is 0.137. The molecule has 5 nitrogen and oxygen atoms in total. The van der Waals surface area contributed by atoms with E-state index in [1.165, 1.54) is 10.8 Å². The number of fused-ring (bicyclic) bond motifs is 1. The molecule has 0 atom stereocenters. The summed E-state index contributed by atoms with van der Waals surface area (Å²) in [6, 6.07) is 20.2. The lowest BCUT2D eigenvalue weighted by molar-refractivity contribution is 0.588. The Kier molecular flexibility index (Phi) is 4.72. The topological polar surface area (TPSA) is 61.1 Å². The molecule has 2 aromatic carbocycles. The van der Waals surface area contributed by atoms with Crippen molar-refractivity contribution in [3.8, 4) is 0 Å². The van der Waals surface area contributed by atoms with E-state index in [2.05, 4.69) is 6.58 Å². The summed E-state index contributed by atoms with van der Waals surface area (Å²) >= 11 is 0. The van der Waals surface area contributed by atoms with Crippen LogP contribution in [0.25, 0.3) is 16.5 Å². The third kappa shape index (κ3) is 3.43. The first-order valence-electron chi connectivity index (χ1n) is 9.11. The number of aromatic nitrogens is 2. The first-order chi connectivity index (χ1) is 13.9. The minimum Gasteiger partial charge on any atom is -0.316 e. The number of rotatable bonds is 5. The van der Waals surface area contributed by atoms with Crippen LogP contribution in [0.3, 0.4) is 0 Å². The highest BCUT2D eigenvalue weighted by Crippen LogP contribution is 2.28. The van der Waals surface area contributed by atoms with Gasteiger partial charge in [-0.1, -0.05) is 67.2 Å². The summed E-state index contributed by atoms with van der Waals surface area (Å²) in [6.45, 7) is 4.18. The molecule has 0 unspecified atom stereocenters. The van der Waals surface area contributed by atoms with Crippen LogP contribution >= 0.6 is 0 Å². The molecule has 0 aliphatic heterocycles. The van der Waals surface area contributed by atoms with Crippen LogP contribution in [0.4, 0.5) is 0 Å². The van der Waals surface area contributed by atoms with Crippen LogP contribution in [0, 0.1) is 0 Å². The molecule has 0 radical (unpaired) electrons. The van der Waals surface area contributed by atoms with Crippen LogP contribution in [-0.2, 0) is 22.8 Å². The highest BCUT2D eigenvalue weighted by atomic mass is 32.2. The fourth-order valence-corrected chi connectivity index (χ4v) is 4.91. The van der Waals surface area contributed by atoms with E-state index < -0.39 is 10.0 Å². The van der Waals surface area contributed by atoms with E-state index in [1.807, 2.05) is 36.4 Å². The summed E-state index contributed by atoms with van der Waals surface area (Å²) in [5.74, 6) is -0.190. The molecule has 6 heteroatoms. The van der Waals surface area contributed by atoms with Gasteiger partial charge in [-0.2, -0.15) is 0 Å². The van der Waals surface area contributed by atoms with Crippen LogP contribution < -0.4 is 5.56 Å². The van der Waals surface area contributed by atoms with E-state index in [-0.39, 0.29) is 16.8 Å². The van der Waals surface area contributed by atoms with Gasteiger partial charge in [0.1, 0.15) is 5.52 Å². The van der Waals surface area contributed by atoms with Crippen LogP contribution in [-0.4, -0.2) is 17.0 Å². The van der Waals surface area contributed by atoms with Gasteiger partial charge >= 0.3 is 0 Å². The maximum absolute atomic E-state index is 13.1. The number of benzene rings is 2. The molecule has 0 aliphatic rings. The summed E-state index contributed by atoms with van der Waals surface area (Å²) < 4.78 is 28.7. The normalized spacial score (nSPS) is 11.6. The van der Waals surface area contributed by atoms with Gasteiger partial charge in [0.15, 0.2) is 0 Å². The summed E-state index contributed by atoms with van der Waals surface area (Å²) in [7, 11) is -2.15. The number of hydrogen-bond donors (Lipinski definition) is 0. The van der Waals surface area contributed by atoms with Gasteiger partial charge in [-0.15, -0.1) is 0 Å². The van der Waals surface area contributed by atoms with Crippen molar-refractivity contribution < 1.29 is 8.42 Å². The fourth-order valence-electron chi connectivity index (χ4n) is 3.45. The molecule has 0 spiro atoms. The third-order valence-electron chi connectivity index (χ3n) is 4.93. The molecule has 0 aliphatic carbocycles. The van der Waals surface area contributed by atoms with E-state index in [1.54, 1.807) is 43.6 Å². The summed E-state index contributed by atoms with van der Waals surface area (Å²) in [5, 5.41) is 0.568. The largest absolute Gasteiger partial charge is 0.316 e. The van der Waals surface area contributed by atoms with Crippen LogP contribution in [0.5, 0.6) is 0 Å². The first-order valence-corrected chi connectivity index (χ1v) is 10.7. The maximum Gasteiger partial charge on any atom is 0.275 e. The van der Waals surface area contributed by atoms with Gasteiger partial charge in [0.2, 0.25) is 10.0 Å². The minimum atomic E-state index is -3.77. The summed E-state index contributed by atoms with van der Waals surface area (Å²) in [4.78, 5) is 12.9. The Bertz CT molecular complexity index is 1370. The Hall–Kier alpha value is -3.38. The molecule has 146 valence electrons. The van der Waals surface area contributed by atoms with E-state index in [0.717, 1.165) is 20.7 Å². The lowest BCUT2D eigenvalue weighted by Gasteiger charge is -2.12. The number of aryl methyl sites for hydroxylation is 1. The van der Waals surface area contributed by atoms with Gasteiger partial charge in [0, 0.05) is 30.4 Å². The molecule has 0 saturated carbocycles. The van der Waals surface area contributed by atoms with E-state index in [4.69, 9.17) is 0 Å². The standard InChI is InChI=1S/C23H20N2O3S/c1-17(19-11-7-4-8-12-19)21-15-24(2)23(26)22-20(21)13-14-25(22)29(27,28)16-18-9-5-3-6-10-18/h3-15H,1,16H2,2H3. The van der Waals surface area contributed by atoms with Gasteiger partial charge in [0.05, 0.1) is 5.75 Å². The molecule has 4 rings (SSSR count). The second kappa shape index (κ2) is 7.22. The predicted octanol–water partition coefficient (Wildman–Crippen LogP) is 3.78. The molecule has 0 saturated heterocycles. The average molecular weight is 404 g/mol. The molecular formula is C23H20N2O3S. The van der Waals surface area contributed by atoms with Gasteiger partial charge in [0.25, 0.3) is 5.56 Å². The maximum atomic E-state index is 13.1. The number of hydrogen-bond acceptors (Lipinski definition) is 3. The molecule has 4 aromatic rings. The first kappa shape index (κ1) is 19.0. The quantitative estimate of drug-likeness (QED) is 0.509. The SMILES string of the molecule is C=C(c1ccccc1)c1cn(C)c(=O)c2c1ccn2S(=O)(=O)Cc1ccccc1. The van der Waals surface area contributed by atoms with Crippen LogP contribution in [0.15, 0.2) is 90.5 Å². The zero-order chi connectivity index (χ0) is 20.6. The second-order valence-electron chi connectivity index (χ2n) is 6.92. The Labute approximate surface area is 169 Å². The van der Waals surface area contributed by atoms with Crippen molar-refractivity contribution in [2.75, 3.05) is 0 Å². The smallest absolute Gasteiger partial charge is 0.275 e.